The average molecular weight is 617 g/mol. The molecule has 0 amide bonds. The molecule has 1 aliphatic carbocycles. The van der Waals surface area contributed by atoms with E-state index in [1.807, 2.05) is 0 Å². The average Bonchev–Trinajstić information content (AvgIpc) is 3.58. The van der Waals surface area contributed by atoms with Gasteiger partial charge < -0.3 is 9.80 Å². The Kier molecular flexibility index (Phi) is 8.97. The number of likely N-dealkylation sites (N-methyl/N-ethyl adjacent to an activating group) is 1. The fraction of sp³-hybridized carbons (Fsp3) is 0.244. The third-order valence-corrected chi connectivity index (χ3v) is 10.2. The van der Waals surface area contributed by atoms with Gasteiger partial charge in [-0.05, 0) is 96.5 Å². The van der Waals surface area contributed by atoms with Crippen LogP contribution in [0.1, 0.15) is 64.2 Å². The fourth-order valence-electron chi connectivity index (χ4n) is 7.40. The van der Waals surface area contributed by atoms with Crippen LogP contribution >= 0.6 is 0 Å². The highest BCUT2D eigenvalue weighted by Crippen LogP contribution is 2.48. The van der Waals surface area contributed by atoms with Crippen molar-refractivity contribution in [3.8, 4) is 0 Å². The van der Waals surface area contributed by atoms with Crippen LogP contribution < -0.4 is 9.80 Å². The van der Waals surface area contributed by atoms with E-state index in [4.69, 9.17) is 0 Å². The highest BCUT2D eigenvalue weighted by Gasteiger charge is 2.39. The summed E-state index contributed by atoms with van der Waals surface area (Å²) in [4.78, 5) is 4.92. The van der Waals surface area contributed by atoms with Crippen molar-refractivity contribution in [2.24, 2.45) is 0 Å². The lowest BCUT2D eigenvalue weighted by Crippen LogP contribution is -2.25. The van der Waals surface area contributed by atoms with Gasteiger partial charge in [0.25, 0.3) is 0 Å². The molecule has 0 spiro atoms. The first-order chi connectivity index (χ1) is 22.6. The van der Waals surface area contributed by atoms with E-state index in [1.165, 1.54) is 44.9 Å². The molecule has 1 aliphatic heterocycles. The molecule has 2 nitrogen and oxygen atoms in total. The number of nitrogens with zero attached hydrogens (tertiary/aromatic N) is 2. The van der Waals surface area contributed by atoms with E-state index < -0.39 is 0 Å². The van der Waals surface area contributed by atoms with E-state index >= 15 is 0 Å². The second-order valence-electron chi connectivity index (χ2n) is 13.8. The first-order valence-electron chi connectivity index (χ1n) is 17.0. The molecule has 0 saturated heterocycles. The second-order valence-corrected chi connectivity index (χ2v) is 13.8. The van der Waals surface area contributed by atoms with Crippen LogP contribution in [0.4, 0.5) is 17.1 Å². The van der Waals surface area contributed by atoms with Gasteiger partial charge in [0, 0.05) is 40.1 Å². The zero-order chi connectivity index (χ0) is 33.2. The molecule has 2 aliphatic rings. The Morgan fingerprint density at radius 1 is 0.809 bits per heavy atom. The molecule has 0 N–H and O–H groups in total. The Morgan fingerprint density at radius 2 is 1.40 bits per heavy atom. The molecule has 0 unspecified atom stereocenters. The van der Waals surface area contributed by atoms with Gasteiger partial charge in [-0.15, -0.1) is 0 Å². The molecule has 238 valence electrons. The number of rotatable bonds is 9. The van der Waals surface area contributed by atoms with Crippen molar-refractivity contribution in [3.05, 3.63) is 185 Å². The molecule has 0 fully saturated rings. The van der Waals surface area contributed by atoms with E-state index in [0.29, 0.717) is 0 Å². The van der Waals surface area contributed by atoms with Crippen LogP contribution in [0.15, 0.2) is 168 Å². The largest absolute Gasteiger partial charge is 0.344 e. The number of benzene rings is 4. The third kappa shape index (κ3) is 6.05. The van der Waals surface area contributed by atoms with Gasteiger partial charge >= 0.3 is 0 Å². The summed E-state index contributed by atoms with van der Waals surface area (Å²) in [7, 11) is 0. The van der Waals surface area contributed by atoms with Crippen molar-refractivity contribution in [3.63, 3.8) is 0 Å². The van der Waals surface area contributed by atoms with Gasteiger partial charge in [0.05, 0.1) is 5.70 Å². The third-order valence-electron chi connectivity index (χ3n) is 10.2. The number of hydrogen-bond acceptors (Lipinski definition) is 2. The minimum absolute atomic E-state index is 0.0771. The molecule has 47 heavy (non-hydrogen) atoms. The molecule has 4 aromatic rings. The number of aryl methyl sites for hydroxylation is 1. The van der Waals surface area contributed by atoms with Crippen molar-refractivity contribution in [2.75, 3.05) is 16.3 Å². The Hall–Kier alpha value is -4.82. The monoisotopic (exact) mass is 616 g/mol. The zero-order valence-electron chi connectivity index (χ0n) is 28.9. The van der Waals surface area contributed by atoms with Crippen LogP contribution in [0.3, 0.4) is 0 Å². The maximum absolute atomic E-state index is 4.60. The number of para-hydroxylation sites is 3. The quantitative estimate of drug-likeness (QED) is 0.173. The number of hydrogen-bond donors (Lipinski definition) is 0. The topological polar surface area (TPSA) is 6.48 Å². The zero-order valence-corrected chi connectivity index (χ0v) is 28.9. The predicted molar refractivity (Wildman–Crippen MR) is 202 cm³/mol. The normalized spacial score (nSPS) is 17.6. The van der Waals surface area contributed by atoms with Gasteiger partial charge in [0.1, 0.15) is 0 Å². The summed E-state index contributed by atoms with van der Waals surface area (Å²) in [6, 6.07) is 39.1. The van der Waals surface area contributed by atoms with Crippen molar-refractivity contribution in [1.82, 2.24) is 0 Å². The molecule has 6 rings (SSSR count). The van der Waals surface area contributed by atoms with Crippen LogP contribution in [0.5, 0.6) is 0 Å². The van der Waals surface area contributed by atoms with Crippen molar-refractivity contribution in [1.29, 1.82) is 0 Å². The summed E-state index contributed by atoms with van der Waals surface area (Å²) in [6.07, 6.45) is 11.3. The van der Waals surface area contributed by atoms with E-state index in [2.05, 4.69) is 191 Å². The van der Waals surface area contributed by atoms with Crippen molar-refractivity contribution in [2.45, 2.75) is 65.2 Å². The molecule has 0 aromatic heterocycles. The summed E-state index contributed by atoms with van der Waals surface area (Å²) in [5, 5.41) is 0. The maximum Gasteiger partial charge on any atom is 0.0525 e. The Morgan fingerprint density at radius 3 is 2.04 bits per heavy atom. The Balaban J connectivity index is 1.48. The Labute approximate surface area is 282 Å². The van der Waals surface area contributed by atoms with Crippen LogP contribution in [-0.2, 0) is 10.8 Å². The van der Waals surface area contributed by atoms with Gasteiger partial charge in [-0.25, -0.2) is 0 Å². The van der Waals surface area contributed by atoms with E-state index in [-0.39, 0.29) is 10.8 Å². The summed E-state index contributed by atoms with van der Waals surface area (Å²) >= 11 is 0. The minimum atomic E-state index is -0.185. The molecule has 0 bridgehead atoms. The summed E-state index contributed by atoms with van der Waals surface area (Å²) in [5.74, 6) is 0. The van der Waals surface area contributed by atoms with Gasteiger partial charge in [0.15, 0.2) is 0 Å². The predicted octanol–water partition coefficient (Wildman–Crippen LogP) is 11.9. The smallest absolute Gasteiger partial charge is 0.0525 e. The molecule has 0 atom stereocenters. The van der Waals surface area contributed by atoms with Gasteiger partial charge in [-0.3, -0.25) is 0 Å². The lowest BCUT2D eigenvalue weighted by molar-refractivity contribution is 0.633. The first kappa shape index (κ1) is 32.1. The van der Waals surface area contributed by atoms with Crippen LogP contribution in [0.25, 0.3) is 0 Å². The molecule has 0 radical (unpaired) electrons. The standard InChI is InChI=1S/C45H48N2/c1-8-46-41-26-18-17-25-40(41)45(6,7)42(46)32-31-36-30-29-35(28-27-34(3)44(4,5)39-24-16-15-19-33(39)2)43(36)47(37-20-11-9-12-21-37)38-22-13-10-14-23-38/h9-28,31-32H,3,8,29-30H2,1-2,4-7H3/b28-27+,36-31+,42-32+. The van der Waals surface area contributed by atoms with Crippen molar-refractivity contribution < 1.29 is 0 Å². The van der Waals surface area contributed by atoms with E-state index in [1.54, 1.807) is 0 Å². The number of anilines is 3. The summed E-state index contributed by atoms with van der Waals surface area (Å²) in [6.45, 7) is 19.3. The molecular formula is C45H48N2. The van der Waals surface area contributed by atoms with Gasteiger partial charge in [0.2, 0.25) is 0 Å². The maximum atomic E-state index is 4.60. The highest BCUT2D eigenvalue weighted by molar-refractivity contribution is 5.75. The minimum Gasteiger partial charge on any atom is -0.344 e. The summed E-state index contributed by atoms with van der Waals surface area (Å²) in [5.41, 5.74) is 13.7. The van der Waals surface area contributed by atoms with Crippen molar-refractivity contribution >= 4 is 17.1 Å². The van der Waals surface area contributed by atoms with Gasteiger partial charge in [-0.1, -0.05) is 131 Å². The molecule has 2 heteroatoms. The number of allylic oxidation sites excluding steroid dienone is 8. The lowest BCUT2D eigenvalue weighted by Gasteiger charge is -2.29. The number of fused-ring (bicyclic) bond motifs is 1. The van der Waals surface area contributed by atoms with Crippen LogP contribution in [0, 0.1) is 6.92 Å². The molecule has 0 saturated carbocycles. The molecular weight excluding hydrogens is 569 g/mol. The highest BCUT2D eigenvalue weighted by atomic mass is 15.2. The van der Waals surface area contributed by atoms with Crippen LogP contribution in [0.2, 0.25) is 0 Å². The molecule has 4 aromatic carbocycles. The summed E-state index contributed by atoms with van der Waals surface area (Å²) < 4.78 is 0. The van der Waals surface area contributed by atoms with Crippen LogP contribution in [-0.4, -0.2) is 6.54 Å². The van der Waals surface area contributed by atoms with Gasteiger partial charge in [-0.2, -0.15) is 0 Å². The SMILES string of the molecule is C=C(/C=C/C1=C(N(c2ccccc2)c2ccccc2)C(=C/C=C2/N(CC)c3ccccc3C2(C)C)/CC1)C(C)(C)c1ccccc1C. The second kappa shape index (κ2) is 13.1. The van der Waals surface area contributed by atoms with E-state index in [0.717, 1.165) is 36.3 Å². The van der Waals surface area contributed by atoms with E-state index in [9.17, 15) is 0 Å². The Bertz CT molecular complexity index is 1840. The lowest BCUT2D eigenvalue weighted by atomic mass is 9.76. The molecule has 1 heterocycles. The fourth-order valence-corrected chi connectivity index (χ4v) is 7.40. The first-order valence-corrected chi connectivity index (χ1v) is 17.0.